The van der Waals surface area contributed by atoms with E-state index in [0.29, 0.717) is 6.61 Å². The maximum absolute atomic E-state index is 11.0. The minimum Gasteiger partial charge on any atom is -0.379 e. The molecule has 0 aromatic heterocycles. The van der Waals surface area contributed by atoms with Crippen LogP contribution in [0, 0.1) is 0 Å². The Hall–Kier alpha value is -0.280. The predicted molar refractivity (Wildman–Crippen MR) is 47.5 cm³/mol. The largest absolute Gasteiger partial charge is 0.379 e. The maximum atomic E-state index is 11.0. The van der Waals surface area contributed by atoms with Crippen LogP contribution in [0.15, 0.2) is 0 Å². The molecular weight excluding hydrogens is 178 g/mol. The summed E-state index contributed by atoms with van der Waals surface area (Å²) in [7, 11) is 0. The van der Waals surface area contributed by atoms with Crippen LogP contribution in [0.3, 0.4) is 0 Å². The van der Waals surface area contributed by atoms with Gasteiger partial charge >= 0.3 is 5.37 Å². The highest BCUT2D eigenvalue weighted by Gasteiger charge is 2.25. The lowest BCUT2D eigenvalue weighted by molar-refractivity contribution is 0.157. The summed E-state index contributed by atoms with van der Waals surface area (Å²) in [5, 5.41) is -0.354. The molecule has 1 atom stereocenters. The average Bonchev–Trinajstić information content (AvgIpc) is 2.51. The van der Waals surface area contributed by atoms with Crippen LogP contribution < -0.4 is 0 Å². The zero-order valence-electron chi connectivity index (χ0n) is 7.25. The first kappa shape index (κ1) is 9.81. The number of carbonyl (C=O) groups excluding carboxylic acids is 1. The van der Waals surface area contributed by atoms with Crippen LogP contribution in [0.25, 0.3) is 0 Å². The lowest BCUT2D eigenvalue weighted by Gasteiger charge is -2.24. The molecule has 0 N–H and O–H groups in total. The van der Waals surface area contributed by atoms with E-state index < -0.39 is 0 Å². The highest BCUT2D eigenvalue weighted by molar-refractivity contribution is 6.62. The van der Waals surface area contributed by atoms with Crippen molar-refractivity contribution in [3.8, 4) is 0 Å². The first-order chi connectivity index (χ1) is 5.75. The number of nitrogens with zero attached hydrogens (tertiary/aromatic N) is 1. The van der Waals surface area contributed by atoms with E-state index in [1.54, 1.807) is 4.90 Å². The Morgan fingerprint density at radius 3 is 2.92 bits per heavy atom. The Morgan fingerprint density at radius 2 is 2.50 bits per heavy atom. The van der Waals surface area contributed by atoms with Gasteiger partial charge in [-0.1, -0.05) is 6.92 Å². The Bertz CT molecular complexity index is 157. The number of rotatable bonds is 3. The van der Waals surface area contributed by atoms with Gasteiger partial charge in [-0.15, -0.1) is 0 Å². The Balaban J connectivity index is 2.45. The highest BCUT2D eigenvalue weighted by atomic mass is 35.5. The zero-order valence-corrected chi connectivity index (χ0v) is 8.01. The van der Waals surface area contributed by atoms with E-state index in [0.717, 1.165) is 26.0 Å². The molecule has 0 aromatic carbocycles. The molecule has 1 saturated heterocycles. The molecule has 3 nitrogen and oxygen atoms in total. The van der Waals surface area contributed by atoms with Crippen LogP contribution in [0.1, 0.15) is 19.8 Å². The van der Waals surface area contributed by atoms with Crippen LogP contribution in [-0.4, -0.2) is 36.1 Å². The second-order valence-electron chi connectivity index (χ2n) is 2.96. The minimum atomic E-state index is -0.354. The van der Waals surface area contributed by atoms with Crippen molar-refractivity contribution >= 4 is 17.0 Å². The molecule has 0 saturated carbocycles. The molecule has 1 heterocycles. The molecule has 1 fully saturated rings. The zero-order chi connectivity index (χ0) is 8.97. The van der Waals surface area contributed by atoms with Gasteiger partial charge in [0.2, 0.25) is 0 Å². The van der Waals surface area contributed by atoms with E-state index in [-0.39, 0.29) is 11.4 Å². The van der Waals surface area contributed by atoms with Crippen molar-refractivity contribution in [2.75, 3.05) is 19.8 Å². The van der Waals surface area contributed by atoms with Crippen molar-refractivity contribution in [3.63, 3.8) is 0 Å². The van der Waals surface area contributed by atoms with Crippen LogP contribution in [-0.2, 0) is 4.74 Å². The van der Waals surface area contributed by atoms with E-state index in [2.05, 4.69) is 0 Å². The van der Waals surface area contributed by atoms with Gasteiger partial charge in [-0.05, 0) is 24.4 Å². The molecular formula is C8H14ClNO2. The summed E-state index contributed by atoms with van der Waals surface area (Å²) in [4.78, 5) is 12.6. The van der Waals surface area contributed by atoms with Crippen LogP contribution in [0.5, 0.6) is 0 Å². The molecule has 1 unspecified atom stereocenters. The lowest BCUT2D eigenvalue weighted by atomic mass is 10.2. The highest BCUT2D eigenvalue weighted by Crippen LogP contribution is 2.14. The van der Waals surface area contributed by atoms with E-state index in [1.807, 2.05) is 6.92 Å². The van der Waals surface area contributed by atoms with E-state index in [4.69, 9.17) is 16.3 Å². The average molecular weight is 192 g/mol. The molecule has 1 aliphatic heterocycles. The van der Waals surface area contributed by atoms with Crippen LogP contribution in [0.4, 0.5) is 4.79 Å². The van der Waals surface area contributed by atoms with E-state index >= 15 is 0 Å². The predicted octanol–water partition coefficient (Wildman–Crippen LogP) is 1.85. The van der Waals surface area contributed by atoms with Crippen LogP contribution >= 0.6 is 11.6 Å². The number of carbonyl (C=O) groups is 1. The Morgan fingerprint density at radius 1 is 1.75 bits per heavy atom. The Kier molecular flexibility index (Phi) is 3.82. The maximum Gasteiger partial charge on any atom is 0.316 e. The summed E-state index contributed by atoms with van der Waals surface area (Å²) in [6.07, 6.45) is 1.85. The molecule has 1 aliphatic rings. The molecule has 0 aliphatic carbocycles. The van der Waals surface area contributed by atoms with E-state index in [1.165, 1.54) is 0 Å². The van der Waals surface area contributed by atoms with Gasteiger partial charge in [0.1, 0.15) is 0 Å². The van der Waals surface area contributed by atoms with E-state index in [9.17, 15) is 4.79 Å². The number of ether oxygens (including phenoxy) is 1. The van der Waals surface area contributed by atoms with Gasteiger partial charge in [0, 0.05) is 13.2 Å². The second kappa shape index (κ2) is 4.67. The molecule has 70 valence electrons. The van der Waals surface area contributed by atoms with Crippen LogP contribution in [0.2, 0.25) is 0 Å². The van der Waals surface area contributed by atoms with Gasteiger partial charge in [0.15, 0.2) is 0 Å². The summed E-state index contributed by atoms with van der Waals surface area (Å²) in [6, 6.07) is 0.204. The molecule has 0 aromatic rings. The summed E-state index contributed by atoms with van der Waals surface area (Å²) < 4.78 is 5.18. The van der Waals surface area contributed by atoms with Crippen molar-refractivity contribution in [3.05, 3.63) is 0 Å². The standard InChI is InChI=1S/C8H14ClNO2/c1-2-4-10(8(9)11)7-3-5-12-6-7/h7H,2-6H2,1H3. The third kappa shape index (κ3) is 2.35. The Labute approximate surface area is 77.6 Å². The molecule has 12 heavy (non-hydrogen) atoms. The fourth-order valence-corrected chi connectivity index (χ4v) is 1.65. The molecule has 1 amide bonds. The number of hydrogen-bond acceptors (Lipinski definition) is 2. The van der Waals surface area contributed by atoms with Gasteiger partial charge in [-0.3, -0.25) is 4.79 Å². The van der Waals surface area contributed by atoms with Gasteiger partial charge in [0.25, 0.3) is 0 Å². The van der Waals surface area contributed by atoms with Crippen molar-refractivity contribution in [2.45, 2.75) is 25.8 Å². The third-order valence-corrected chi connectivity index (χ3v) is 2.25. The first-order valence-corrected chi connectivity index (χ1v) is 4.67. The third-order valence-electron chi connectivity index (χ3n) is 2.04. The molecule has 0 spiro atoms. The smallest absolute Gasteiger partial charge is 0.316 e. The number of halogens is 1. The second-order valence-corrected chi connectivity index (χ2v) is 3.29. The van der Waals surface area contributed by atoms with Gasteiger partial charge in [0.05, 0.1) is 12.6 Å². The van der Waals surface area contributed by atoms with Crippen molar-refractivity contribution in [2.24, 2.45) is 0 Å². The quantitative estimate of drug-likeness (QED) is 0.503. The van der Waals surface area contributed by atoms with Gasteiger partial charge in [-0.2, -0.15) is 0 Å². The summed E-state index contributed by atoms with van der Waals surface area (Å²) in [5.41, 5.74) is 0. The molecule has 4 heteroatoms. The summed E-state index contributed by atoms with van der Waals surface area (Å²) in [6.45, 7) is 4.15. The number of amides is 1. The van der Waals surface area contributed by atoms with Gasteiger partial charge in [-0.25, -0.2) is 0 Å². The molecule has 1 rings (SSSR count). The molecule has 0 radical (unpaired) electrons. The van der Waals surface area contributed by atoms with Gasteiger partial charge < -0.3 is 9.64 Å². The van der Waals surface area contributed by atoms with Crippen molar-refractivity contribution in [1.82, 2.24) is 4.90 Å². The number of hydrogen-bond donors (Lipinski definition) is 0. The lowest BCUT2D eigenvalue weighted by Crippen LogP contribution is -2.38. The fraction of sp³-hybridized carbons (Fsp3) is 0.875. The monoisotopic (exact) mass is 191 g/mol. The van der Waals surface area contributed by atoms with Crippen molar-refractivity contribution < 1.29 is 9.53 Å². The topological polar surface area (TPSA) is 29.5 Å². The normalized spacial score (nSPS) is 22.7. The first-order valence-electron chi connectivity index (χ1n) is 4.29. The van der Waals surface area contributed by atoms with Crippen molar-refractivity contribution in [1.29, 1.82) is 0 Å². The summed E-state index contributed by atoms with van der Waals surface area (Å²) in [5.74, 6) is 0. The fourth-order valence-electron chi connectivity index (χ4n) is 1.42. The minimum absolute atomic E-state index is 0.204. The molecule has 0 bridgehead atoms. The SMILES string of the molecule is CCCN(C(=O)Cl)C1CCOC1. The summed E-state index contributed by atoms with van der Waals surface area (Å²) >= 11 is 5.43.